The molecule has 3 aromatic carbocycles. The summed E-state index contributed by atoms with van der Waals surface area (Å²) < 4.78 is 0. The second-order valence-electron chi connectivity index (χ2n) is 7.09. The number of rotatable bonds is 7. The number of nitrogens with zero attached hydrogens (tertiary/aromatic N) is 2. The van der Waals surface area contributed by atoms with Crippen molar-refractivity contribution in [3.63, 3.8) is 0 Å². The lowest BCUT2D eigenvalue weighted by Gasteiger charge is -2.12. The number of thioether (sulfide) groups is 1. The highest BCUT2D eigenvalue weighted by molar-refractivity contribution is 7.99. The van der Waals surface area contributed by atoms with E-state index in [0.29, 0.717) is 22.8 Å². The van der Waals surface area contributed by atoms with Crippen molar-refractivity contribution in [3.8, 4) is 28.5 Å². The lowest BCUT2D eigenvalue weighted by Crippen LogP contribution is -2.12. The molecule has 1 aromatic heterocycles. The number of aromatic nitrogens is 1. The van der Waals surface area contributed by atoms with Gasteiger partial charge in [-0.2, -0.15) is 5.26 Å². The van der Waals surface area contributed by atoms with Crippen LogP contribution in [0.25, 0.3) is 22.4 Å². The maximum atomic E-state index is 12.3. The molecular weight excluding hydrogens is 414 g/mol. The summed E-state index contributed by atoms with van der Waals surface area (Å²) >= 11 is 1.43. The van der Waals surface area contributed by atoms with Gasteiger partial charge in [0.1, 0.15) is 11.1 Å². The first-order valence-electron chi connectivity index (χ1n) is 10.3. The number of nitriles is 1. The Morgan fingerprint density at radius 2 is 1.47 bits per heavy atom. The van der Waals surface area contributed by atoms with Crippen molar-refractivity contribution in [2.75, 3.05) is 11.1 Å². The van der Waals surface area contributed by atoms with Crippen LogP contribution in [0.4, 0.5) is 5.69 Å². The van der Waals surface area contributed by atoms with Crippen molar-refractivity contribution in [1.29, 1.82) is 5.26 Å². The molecule has 0 spiro atoms. The topological polar surface area (TPSA) is 65.8 Å². The minimum atomic E-state index is -0.0651. The lowest BCUT2D eigenvalue weighted by molar-refractivity contribution is -0.115. The van der Waals surface area contributed by atoms with Crippen molar-refractivity contribution < 1.29 is 4.79 Å². The first-order chi connectivity index (χ1) is 15.7. The van der Waals surface area contributed by atoms with Crippen LogP contribution in [0.3, 0.4) is 0 Å². The Bertz CT molecular complexity index is 1240. The number of para-hydroxylation sites is 1. The second kappa shape index (κ2) is 10.4. The van der Waals surface area contributed by atoms with Crippen molar-refractivity contribution in [2.24, 2.45) is 0 Å². The molecule has 156 valence electrons. The fourth-order valence-electron chi connectivity index (χ4n) is 3.32. The SMILES string of the molecule is N#Cc1c(-c2ccccc2)cc(-c2ccccc2)nc1SCCC(=O)Nc1ccccc1. The molecule has 0 aliphatic heterocycles. The van der Waals surface area contributed by atoms with Crippen molar-refractivity contribution >= 4 is 23.4 Å². The van der Waals surface area contributed by atoms with Crippen LogP contribution in [0.1, 0.15) is 12.0 Å². The van der Waals surface area contributed by atoms with Crippen LogP contribution in [0.5, 0.6) is 0 Å². The number of amides is 1. The zero-order valence-electron chi connectivity index (χ0n) is 17.4. The summed E-state index contributed by atoms with van der Waals surface area (Å²) in [6.07, 6.45) is 0.322. The van der Waals surface area contributed by atoms with E-state index in [2.05, 4.69) is 11.4 Å². The maximum absolute atomic E-state index is 12.3. The van der Waals surface area contributed by atoms with Gasteiger partial charge in [-0.3, -0.25) is 4.79 Å². The molecule has 1 heterocycles. The third-order valence-corrected chi connectivity index (χ3v) is 5.85. The number of nitrogens with one attached hydrogen (secondary N) is 1. The van der Waals surface area contributed by atoms with E-state index in [1.54, 1.807) is 0 Å². The van der Waals surface area contributed by atoms with Crippen LogP contribution in [-0.2, 0) is 4.79 Å². The summed E-state index contributed by atoms with van der Waals surface area (Å²) in [5.74, 6) is 0.456. The number of hydrogen-bond donors (Lipinski definition) is 1. The van der Waals surface area contributed by atoms with Crippen molar-refractivity contribution in [1.82, 2.24) is 4.98 Å². The summed E-state index contributed by atoms with van der Waals surface area (Å²) in [4.78, 5) is 17.1. The minimum absolute atomic E-state index is 0.0651. The molecule has 0 bridgehead atoms. The molecule has 32 heavy (non-hydrogen) atoms. The predicted octanol–water partition coefficient (Wildman–Crippen LogP) is 6.41. The molecule has 4 nitrogen and oxygen atoms in total. The molecule has 0 aliphatic rings. The summed E-state index contributed by atoms with van der Waals surface area (Å²) in [6, 6.07) is 33.5. The van der Waals surface area contributed by atoms with Gasteiger partial charge in [-0.25, -0.2) is 4.98 Å². The highest BCUT2D eigenvalue weighted by Crippen LogP contribution is 2.34. The first kappa shape index (κ1) is 21.4. The third kappa shape index (κ3) is 5.23. The zero-order valence-corrected chi connectivity index (χ0v) is 18.2. The molecule has 0 saturated heterocycles. The van der Waals surface area contributed by atoms with E-state index in [-0.39, 0.29) is 5.91 Å². The van der Waals surface area contributed by atoms with Crippen molar-refractivity contribution in [3.05, 3.63) is 103 Å². The van der Waals surface area contributed by atoms with Gasteiger partial charge in [-0.15, -0.1) is 11.8 Å². The molecule has 0 unspecified atom stereocenters. The summed E-state index contributed by atoms with van der Waals surface area (Å²) in [6.45, 7) is 0. The number of pyridine rings is 1. The van der Waals surface area contributed by atoms with E-state index in [1.165, 1.54) is 11.8 Å². The molecule has 5 heteroatoms. The quantitative estimate of drug-likeness (QED) is 0.341. The Hall–Kier alpha value is -3.88. The number of carbonyl (C=O) groups is 1. The predicted molar refractivity (Wildman–Crippen MR) is 130 cm³/mol. The van der Waals surface area contributed by atoms with Gasteiger partial charge in [-0.05, 0) is 23.8 Å². The lowest BCUT2D eigenvalue weighted by atomic mass is 9.99. The number of benzene rings is 3. The molecule has 0 atom stereocenters. The van der Waals surface area contributed by atoms with E-state index >= 15 is 0 Å². The van der Waals surface area contributed by atoms with Gasteiger partial charge in [0.15, 0.2) is 0 Å². The van der Waals surface area contributed by atoms with Crippen LogP contribution >= 0.6 is 11.8 Å². The Morgan fingerprint density at radius 1 is 0.875 bits per heavy atom. The molecule has 0 radical (unpaired) electrons. The van der Waals surface area contributed by atoms with Crippen LogP contribution in [-0.4, -0.2) is 16.6 Å². The third-order valence-electron chi connectivity index (χ3n) is 4.88. The summed E-state index contributed by atoms with van der Waals surface area (Å²) in [5, 5.41) is 13.5. The van der Waals surface area contributed by atoms with Crippen LogP contribution in [0, 0.1) is 11.3 Å². The van der Waals surface area contributed by atoms with Gasteiger partial charge in [0.25, 0.3) is 0 Å². The van der Waals surface area contributed by atoms with E-state index in [0.717, 1.165) is 28.1 Å². The van der Waals surface area contributed by atoms with Gasteiger partial charge < -0.3 is 5.32 Å². The average molecular weight is 436 g/mol. The number of anilines is 1. The zero-order chi connectivity index (χ0) is 22.2. The Kier molecular flexibility index (Phi) is 6.96. The molecule has 4 rings (SSSR count). The van der Waals surface area contributed by atoms with E-state index in [9.17, 15) is 10.1 Å². The monoisotopic (exact) mass is 435 g/mol. The highest BCUT2D eigenvalue weighted by atomic mass is 32.2. The van der Waals surface area contributed by atoms with E-state index < -0.39 is 0 Å². The molecule has 4 aromatic rings. The fraction of sp³-hybridized carbons (Fsp3) is 0.0741. The first-order valence-corrected chi connectivity index (χ1v) is 11.3. The number of carbonyl (C=O) groups excluding carboxylic acids is 1. The van der Waals surface area contributed by atoms with Gasteiger partial charge in [0, 0.05) is 29.0 Å². The second-order valence-corrected chi connectivity index (χ2v) is 8.18. The molecule has 1 amide bonds. The highest BCUT2D eigenvalue weighted by Gasteiger charge is 2.16. The summed E-state index contributed by atoms with van der Waals surface area (Å²) in [7, 11) is 0. The summed E-state index contributed by atoms with van der Waals surface area (Å²) in [5.41, 5.74) is 4.91. The molecule has 0 fully saturated rings. The normalized spacial score (nSPS) is 10.3. The standard InChI is InChI=1S/C27H21N3OS/c28-19-24-23(20-10-4-1-5-11-20)18-25(21-12-6-2-7-13-21)30-27(24)32-17-16-26(31)29-22-14-8-3-9-15-22/h1-15,18H,16-17H2,(H,29,31). The molecule has 1 N–H and O–H groups in total. The average Bonchev–Trinajstić information content (AvgIpc) is 2.85. The van der Waals surface area contributed by atoms with Gasteiger partial charge in [-0.1, -0.05) is 78.9 Å². The van der Waals surface area contributed by atoms with E-state index in [1.807, 2.05) is 97.1 Å². The molecular formula is C27H21N3OS. The van der Waals surface area contributed by atoms with Gasteiger partial charge in [0.05, 0.1) is 11.3 Å². The van der Waals surface area contributed by atoms with E-state index in [4.69, 9.17) is 4.98 Å². The van der Waals surface area contributed by atoms with Crippen molar-refractivity contribution in [2.45, 2.75) is 11.4 Å². The Morgan fingerprint density at radius 3 is 2.09 bits per heavy atom. The largest absolute Gasteiger partial charge is 0.326 e. The minimum Gasteiger partial charge on any atom is -0.326 e. The molecule has 0 aliphatic carbocycles. The molecule has 0 saturated carbocycles. The smallest absolute Gasteiger partial charge is 0.225 e. The Balaban J connectivity index is 1.60. The van der Waals surface area contributed by atoms with Gasteiger partial charge in [0.2, 0.25) is 5.91 Å². The fourth-order valence-corrected chi connectivity index (χ4v) is 4.27. The van der Waals surface area contributed by atoms with Crippen LogP contribution < -0.4 is 5.32 Å². The van der Waals surface area contributed by atoms with Crippen LogP contribution in [0.15, 0.2) is 102 Å². The van der Waals surface area contributed by atoms with Crippen LogP contribution in [0.2, 0.25) is 0 Å². The Labute approximate surface area is 192 Å². The number of hydrogen-bond acceptors (Lipinski definition) is 4. The maximum Gasteiger partial charge on any atom is 0.225 e. The van der Waals surface area contributed by atoms with Gasteiger partial charge >= 0.3 is 0 Å².